The second-order valence-electron chi connectivity index (χ2n) is 16.5. The van der Waals surface area contributed by atoms with E-state index in [1.807, 2.05) is 19.9 Å². The summed E-state index contributed by atoms with van der Waals surface area (Å²) in [4.78, 5) is 26.9. The number of rotatable bonds is 10. The molecule has 0 aliphatic heterocycles. The molecule has 0 aromatic heterocycles. The zero-order chi connectivity index (χ0) is 33.6. The molecule has 46 heavy (non-hydrogen) atoms. The van der Waals surface area contributed by atoms with Crippen molar-refractivity contribution in [1.82, 2.24) is 5.32 Å². The van der Waals surface area contributed by atoms with Gasteiger partial charge in [-0.05, 0) is 177 Å². The second kappa shape index (κ2) is 15.1. The van der Waals surface area contributed by atoms with Crippen LogP contribution in [0.4, 0.5) is 0 Å². The number of carbonyl (C=O) groups excluding carboxylic acids is 2. The molecule has 7 heteroatoms. The lowest BCUT2D eigenvalue weighted by Crippen LogP contribution is -2.51. The number of nitrogens with one attached hydrogen (secondary N) is 1. The fraction of sp³-hybridized carbons (Fsp3) is 0.744. The van der Waals surface area contributed by atoms with Crippen LogP contribution in [-0.4, -0.2) is 24.0 Å². The molecule has 0 heterocycles. The molecule has 9 atom stereocenters. The van der Waals surface area contributed by atoms with Crippen LogP contribution < -0.4 is 5.32 Å². The summed E-state index contributed by atoms with van der Waals surface area (Å²) in [5, 5.41) is 3.03. The Kier molecular flexibility index (Phi) is 12.3. The minimum Gasteiger partial charge on any atom is -0.461 e. The molecule has 0 radical (unpaired) electrons. The van der Waals surface area contributed by atoms with E-state index < -0.39 is 6.04 Å². The quantitative estimate of drug-likeness (QED) is 0.110. The minimum atomic E-state index is -0.670. The Bertz CT molecular complexity index is 1330. The highest BCUT2D eigenvalue weighted by atomic mass is 127. The monoisotopic (exact) mass is 967 g/mol. The maximum atomic E-state index is 13.6. The topological polar surface area (TPSA) is 55.4 Å². The first kappa shape index (κ1) is 37.3. The summed E-state index contributed by atoms with van der Waals surface area (Å²) in [7, 11) is 0. The summed E-state index contributed by atoms with van der Waals surface area (Å²) in [6.45, 7) is 16.5. The maximum absolute atomic E-state index is 13.6. The molecule has 5 rings (SSSR count). The van der Waals surface area contributed by atoms with Gasteiger partial charge in [0.25, 0.3) is 5.91 Å². The van der Waals surface area contributed by atoms with Crippen LogP contribution in [0.3, 0.4) is 0 Å². The van der Waals surface area contributed by atoms with Crippen molar-refractivity contribution in [3.05, 3.63) is 40.1 Å². The van der Waals surface area contributed by atoms with Crippen LogP contribution in [-0.2, 0) is 9.53 Å². The molecule has 0 saturated heterocycles. The molecule has 1 N–H and O–H groups in total. The van der Waals surface area contributed by atoms with E-state index in [1.54, 1.807) is 0 Å². The lowest BCUT2D eigenvalue weighted by Gasteiger charge is -2.58. The summed E-state index contributed by atoms with van der Waals surface area (Å²) >= 11 is 6.72. The fourth-order valence-corrected chi connectivity index (χ4v) is 12.8. The summed E-state index contributed by atoms with van der Waals surface area (Å²) in [5.41, 5.74) is 2.87. The first-order chi connectivity index (χ1) is 21.7. The number of allylic oxidation sites excluding steroid dienone is 1. The molecule has 3 saturated carbocycles. The Morgan fingerprint density at radius 1 is 0.957 bits per heavy atom. The van der Waals surface area contributed by atoms with Gasteiger partial charge in [-0.25, -0.2) is 4.79 Å². The van der Waals surface area contributed by atoms with Crippen LogP contribution in [0.1, 0.15) is 129 Å². The van der Waals surface area contributed by atoms with Gasteiger partial charge in [-0.15, -0.1) is 0 Å². The zero-order valence-corrected chi connectivity index (χ0v) is 35.5. The van der Waals surface area contributed by atoms with E-state index in [9.17, 15) is 9.59 Å². The van der Waals surface area contributed by atoms with Crippen molar-refractivity contribution < 1.29 is 14.3 Å². The molecule has 1 aromatic carbocycles. The molecule has 4 aliphatic rings. The Morgan fingerprint density at radius 2 is 1.70 bits per heavy atom. The standard InChI is InChI=1S/C39H56I3NO3/c1-22(2)9-8-10-24(5)30-13-14-31-28-12-11-25-19-27(15-17-38(25,6)32(28)16-18-39(30,31)7)46-37(45)35(23(3)4)43-36(44)29-20-26(40)21-33(41)34(29)42/h11,20-24,27-28,30-32,35H,8-10,12-19H2,1-7H3,(H,43,44)/t24-,27+,28+,30-,31+,32+,35+,38+,39-/m1/s1. The third-order valence-electron chi connectivity index (χ3n) is 13.0. The number of benzene rings is 1. The lowest BCUT2D eigenvalue weighted by atomic mass is 9.47. The lowest BCUT2D eigenvalue weighted by molar-refractivity contribution is -0.155. The van der Waals surface area contributed by atoms with Crippen LogP contribution in [0.5, 0.6) is 0 Å². The van der Waals surface area contributed by atoms with Gasteiger partial charge >= 0.3 is 5.97 Å². The minimum absolute atomic E-state index is 0.0656. The van der Waals surface area contributed by atoms with Crippen molar-refractivity contribution in [3.63, 3.8) is 0 Å². The molecular weight excluding hydrogens is 911 g/mol. The number of esters is 1. The predicted molar refractivity (Wildman–Crippen MR) is 214 cm³/mol. The molecule has 0 unspecified atom stereocenters. The van der Waals surface area contributed by atoms with Crippen molar-refractivity contribution in [3.8, 4) is 0 Å². The van der Waals surface area contributed by atoms with Gasteiger partial charge in [-0.1, -0.05) is 79.4 Å². The molecule has 1 aromatic rings. The van der Waals surface area contributed by atoms with E-state index in [-0.39, 0.29) is 29.3 Å². The van der Waals surface area contributed by atoms with Crippen molar-refractivity contribution >= 4 is 79.6 Å². The Morgan fingerprint density at radius 3 is 2.39 bits per heavy atom. The van der Waals surface area contributed by atoms with E-state index in [0.29, 0.717) is 11.0 Å². The van der Waals surface area contributed by atoms with Crippen LogP contribution in [0, 0.1) is 63.0 Å². The number of hydrogen-bond donors (Lipinski definition) is 1. The number of ether oxygens (including phenoxy) is 1. The number of amides is 1. The van der Waals surface area contributed by atoms with Crippen molar-refractivity contribution in [2.24, 2.45) is 52.3 Å². The van der Waals surface area contributed by atoms with Gasteiger partial charge in [-0.2, -0.15) is 0 Å². The van der Waals surface area contributed by atoms with E-state index >= 15 is 0 Å². The maximum Gasteiger partial charge on any atom is 0.329 e. The summed E-state index contributed by atoms with van der Waals surface area (Å²) in [6.07, 6.45) is 16.2. The highest BCUT2D eigenvalue weighted by molar-refractivity contribution is 14.1. The van der Waals surface area contributed by atoms with Gasteiger partial charge in [0, 0.05) is 17.1 Å². The normalized spacial score (nSPS) is 33.5. The van der Waals surface area contributed by atoms with Gasteiger partial charge in [0.1, 0.15) is 12.1 Å². The summed E-state index contributed by atoms with van der Waals surface area (Å²) < 4.78 is 9.19. The molecule has 256 valence electrons. The van der Waals surface area contributed by atoms with Crippen LogP contribution >= 0.6 is 67.8 Å². The molecule has 3 fully saturated rings. The van der Waals surface area contributed by atoms with E-state index in [2.05, 4.69) is 120 Å². The molecule has 4 aliphatic carbocycles. The average Bonchev–Trinajstić information content (AvgIpc) is 3.34. The summed E-state index contributed by atoms with van der Waals surface area (Å²) in [5.74, 6) is 4.35. The first-order valence-electron chi connectivity index (χ1n) is 18.0. The third kappa shape index (κ3) is 7.56. The highest BCUT2D eigenvalue weighted by Crippen LogP contribution is 2.67. The van der Waals surface area contributed by atoms with Crippen molar-refractivity contribution in [1.29, 1.82) is 0 Å². The average molecular weight is 968 g/mol. The number of carbonyl (C=O) groups is 2. The smallest absolute Gasteiger partial charge is 0.329 e. The van der Waals surface area contributed by atoms with Crippen molar-refractivity contribution in [2.75, 3.05) is 0 Å². The highest BCUT2D eigenvalue weighted by Gasteiger charge is 2.59. The van der Waals surface area contributed by atoms with Crippen LogP contribution in [0.15, 0.2) is 23.8 Å². The Balaban J connectivity index is 1.23. The van der Waals surface area contributed by atoms with Gasteiger partial charge in [0.2, 0.25) is 0 Å². The molecule has 4 nitrogen and oxygen atoms in total. The molecular formula is C39H56I3NO3. The number of fused-ring (bicyclic) bond motifs is 5. The molecule has 0 bridgehead atoms. The van der Waals surface area contributed by atoms with Crippen LogP contribution in [0.25, 0.3) is 0 Å². The van der Waals surface area contributed by atoms with Crippen LogP contribution in [0.2, 0.25) is 0 Å². The van der Waals surface area contributed by atoms with Gasteiger partial charge in [0.05, 0.1) is 5.56 Å². The van der Waals surface area contributed by atoms with Crippen molar-refractivity contribution in [2.45, 2.75) is 131 Å². The summed E-state index contributed by atoms with van der Waals surface area (Å²) in [6, 6.07) is 3.28. The SMILES string of the molecule is CC(C)CCC[C@@H](C)[C@H]1CC[C@H]2[C@@H]3CC=C4C[C@@H](OC(=O)[C@@H](NC(=O)c5cc(I)cc(I)c5I)C(C)C)CC[C@]4(C)[C@H]3CC[C@]12C. The van der Waals surface area contributed by atoms with Gasteiger partial charge < -0.3 is 10.1 Å². The van der Waals surface area contributed by atoms with E-state index in [4.69, 9.17) is 4.74 Å². The largest absolute Gasteiger partial charge is 0.461 e. The molecule has 0 spiro atoms. The number of hydrogen-bond acceptors (Lipinski definition) is 3. The second-order valence-corrected chi connectivity index (χ2v) is 20.0. The van der Waals surface area contributed by atoms with Gasteiger partial charge in [0.15, 0.2) is 0 Å². The van der Waals surface area contributed by atoms with E-state index in [0.717, 1.165) is 65.5 Å². The Hall–Kier alpha value is 0.0900. The third-order valence-corrected chi connectivity index (χ3v) is 16.7. The first-order valence-corrected chi connectivity index (χ1v) is 21.2. The Labute approximate surface area is 320 Å². The number of halogens is 3. The van der Waals surface area contributed by atoms with E-state index in [1.165, 1.54) is 56.9 Å². The predicted octanol–water partition coefficient (Wildman–Crippen LogP) is 11.2. The van der Waals surface area contributed by atoms with Gasteiger partial charge in [-0.3, -0.25) is 4.79 Å². The fourth-order valence-electron chi connectivity index (χ4n) is 10.4. The zero-order valence-electron chi connectivity index (χ0n) is 29.1. The molecule has 1 amide bonds.